The molecule has 124 valence electrons. The molecule has 1 aromatic carbocycles. The minimum Gasteiger partial charge on any atom is -0.497 e. The van der Waals surface area contributed by atoms with E-state index in [-0.39, 0.29) is 0 Å². The van der Waals surface area contributed by atoms with Crippen molar-refractivity contribution in [3.8, 4) is 22.8 Å². The maximum absolute atomic E-state index is 11.0. The molecule has 3 aromatic rings. The number of benzene rings is 1. The fourth-order valence-corrected chi connectivity index (χ4v) is 3.40. The van der Waals surface area contributed by atoms with Gasteiger partial charge in [-0.1, -0.05) is 0 Å². The van der Waals surface area contributed by atoms with Gasteiger partial charge in [0, 0.05) is 22.7 Å². The predicted molar refractivity (Wildman–Crippen MR) is 93.0 cm³/mol. The molecule has 0 aliphatic rings. The van der Waals surface area contributed by atoms with Crippen molar-refractivity contribution in [2.24, 2.45) is 0 Å². The number of hydrogen-bond donors (Lipinski definition) is 1. The monoisotopic (exact) mass is 344 g/mol. The minimum absolute atomic E-state index is 0.643. The highest BCUT2D eigenvalue weighted by atomic mass is 32.1. The van der Waals surface area contributed by atoms with Crippen LogP contribution in [-0.2, 0) is 4.79 Å². The average molecular weight is 344 g/mol. The van der Waals surface area contributed by atoms with Gasteiger partial charge in [0.05, 0.1) is 19.9 Å². The van der Waals surface area contributed by atoms with Crippen LogP contribution in [0.2, 0.25) is 0 Å². The summed E-state index contributed by atoms with van der Waals surface area (Å²) in [7, 11) is 3.18. The van der Waals surface area contributed by atoms with Gasteiger partial charge in [0.25, 0.3) is 0 Å². The highest BCUT2D eigenvalue weighted by Crippen LogP contribution is 2.37. The third kappa shape index (κ3) is 2.74. The second-order valence-electron chi connectivity index (χ2n) is 5.08. The van der Waals surface area contributed by atoms with Gasteiger partial charge in [-0.15, -0.1) is 11.3 Å². The van der Waals surface area contributed by atoms with Gasteiger partial charge in [0.15, 0.2) is 4.96 Å². The molecule has 0 aliphatic carbocycles. The second-order valence-corrected chi connectivity index (χ2v) is 5.92. The third-order valence-corrected chi connectivity index (χ3v) is 4.56. The summed E-state index contributed by atoms with van der Waals surface area (Å²) in [6, 6.07) is 5.44. The van der Waals surface area contributed by atoms with Crippen LogP contribution >= 0.6 is 11.3 Å². The van der Waals surface area contributed by atoms with Crippen LogP contribution in [0.3, 0.4) is 0 Å². The van der Waals surface area contributed by atoms with Gasteiger partial charge in [-0.25, -0.2) is 9.78 Å². The first-order valence-corrected chi connectivity index (χ1v) is 8.03. The molecule has 0 saturated carbocycles. The van der Waals surface area contributed by atoms with Crippen molar-refractivity contribution in [1.82, 2.24) is 9.38 Å². The van der Waals surface area contributed by atoms with Gasteiger partial charge in [0.2, 0.25) is 0 Å². The van der Waals surface area contributed by atoms with E-state index >= 15 is 0 Å². The number of thiazole rings is 1. The van der Waals surface area contributed by atoms with Gasteiger partial charge < -0.3 is 14.6 Å². The quantitative estimate of drug-likeness (QED) is 0.717. The number of aryl methyl sites for hydroxylation is 1. The fourth-order valence-electron chi connectivity index (χ4n) is 2.52. The van der Waals surface area contributed by atoms with Crippen LogP contribution in [0.5, 0.6) is 11.5 Å². The number of fused-ring (bicyclic) bond motifs is 1. The Kier molecular flexibility index (Phi) is 4.26. The molecule has 6 nitrogen and oxygen atoms in total. The lowest BCUT2D eigenvalue weighted by Crippen LogP contribution is -1.94. The number of nitrogens with zero attached hydrogens (tertiary/aromatic N) is 2. The lowest BCUT2D eigenvalue weighted by Gasteiger charge is -2.10. The second kappa shape index (κ2) is 6.37. The Hall–Kier alpha value is -2.80. The normalized spacial score (nSPS) is 11.3. The molecule has 0 atom stereocenters. The van der Waals surface area contributed by atoms with E-state index in [0.29, 0.717) is 22.9 Å². The van der Waals surface area contributed by atoms with E-state index in [4.69, 9.17) is 14.6 Å². The Morgan fingerprint density at radius 2 is 2.12 bits per heavy atom. The van der Waals surface area contributed by atoms with E-state index in [1.165, 1.54) is 11.3 Å². The van der Waals surface area contributed by atoms with Gasteiger partial charge in [-0.2, -0.15) is 0 Å². The number of ether oxygens (including phenoxy) is 2. The van der Waals surface area contributed by atoms with Crippen LogP contribution in [0.4, 0.5) is 0 Å². The molecule has 0 amide bonds. The number of aromatic nitrogens is 2. The smallest absolute Gasteiger partial charge is 0.328 e. The number of hydrogen-bond acceptors (Lipinski definition) is 5. The van der Waals surface area contributed by atoms with Crippen LogP contribution in [0.1, 0.15) is 11.4 Å². The van der Waals surface area contributed by atoms with Gasteiger partial charge in [-0.05, 0) is 31.2 Å². The summed E-state index contributed by atoms with van der Waals surface area (Å²) in [5.74, 6) is 0.303. The first-order valence-electron chi connectivity index (χ1n) is 7.15. The van der Waals surface area contributed by atoms with Crippen molar-refractivity contribution in [2.45, 2.75) is 6.92 Å². The van der Waals surface area contributed by atoms with E-state index in [1.54, 1.807) is 32.4 Å². The average Bonchev–Trinajstić information content (AvgIpc) is 3.12. The van der Waals surface area contributed by atoms with Crippen LogP contribution in [0.25, 0.3) is 22.3 Å². The largest absolute Gasteiger partial charge is 0.497 e. The molecule has 7 heteroatoms. The van der Waals surface area contributed by atoms with Crippen molar-refractivity contribution in [2.75, 3.05) is 14.2 Å². The first kappa shape index (κ1) is 16.1. The maximum Gasteiger partial charge on any atom is 0.328 e. The van der Waals surface area contributed by atoms with Gasteiger partial charge >= 0.3 is 5.97 Å². The molecule has 0 spiro atoms. The summed E-state index contributed by atoms with van der Waals surface area (Å²) < 4.78 is 12.7. The van der Waals surface area contributed by atoms with Crippen molar-refractivity contribution < 1.29 is 19.4 Å². The molecule has 0 unspecified atom stereocenters. The van der Waals surface area contributed by atoms with Crippen LogP contribution in [0, 0.1) is 6.92 Å². The Balaban J connectivity index is 2.30. The van der Waals surface area contributed by atoms with Gasteiger partial charge in [0.1, 0.15) is 17.2 Å². The highest BCUT2D eigenvalue weighted by molar-refractivity contribution is 7.15. The molecule has 2 heterocycles. The molecule has 24 heavy (non-hydrogen) atoms. The summed E-state index contributed by atoms with van der Waals surface area (Å²) in [4.78, 5) is 16.4. The molecule has 0 saturated heterocycles. The minimum atomic E-state index is -1.01. The molecule has 1 N–H and O–H groups in total. The lowest BCUT2D eigenvalue weighted by molar-refractivity contribution is -0.131. The number of rotatable bonds is 5. The molecule has 2 aromatic heterocycles. The van der Waals surface area contributed by atoms with E-state index < -0.39 is 5.97 Å². The van der Waals surface area contributed by atoms with Crippen LogP contribution < -0.4 is 9.47 Å². The predicted octanol–water partition coefficient (Wildman–Crippen LogP) is 3.49. The summed E-state index contributed by atoms with van der Waals surface area (Å²) in [6.45, 7) is 1.95. The number of aliphatic carboxylic acids is 1. The maximum atomic E-state index is 11.0. The summed E-state index contributed by atoms with van der Waals surface area (Å²) in [5.41, 5.74) is 3.08. The molecule has 0 aliphatic heterocycles. The molecular formula is C17H16N2O4S. The zero-order chi connectivity index (χ0) is 17.3. The highest BCUT2D eigenvalue weighted by Gasteiger charge is 2.19. The number of methoxy groups -OCH3 is 2. The van der Waals surface area contributed by atoms with Crippen LogP contribution in [-0.4, -0.2) is 34.7 Å². The fraction of sp³-hybridized carbons (Fsp3) is 0.176. The summed E-state index contributed by atoms with van der Waals surface area (Å²) in [5, 5.41) is 11.0. The molecule has 3 rings (SSSR count). The van der Waals surface area contributed by atoms with E-state index in [1.807, 2.05) is 22.8 Å². The van der Waals surface area contributed by atoms with Crippen LogP contribution in [0.15, 0.2) is 29.7 Å². The topological polar surface area (TPSA) is 73.1 Å². The number of imidazole rings is 1. The zero-order valence-corrected chi connectivity index (χ0v) is 14.3. The number of carbonyl (C=O) groups is 1. The number of carboxylic acids is 1. The van der Waals surface area contributed by atoms with Crippen molar-refractivity contribution >= 4 is 28.3 Å². The van der Waals surface area contributed by atoms with Gasteiger partial charge in [-0.3, -0.25) is 4.40 Å². The molecule has 0 bridgehead atoms. The van der Waals surface area contributed by atoms with E-state index in [0.717, 1.165) is 22.3 Å². The summed E-state index contributed by atoms with van der Waals surface area (Å²) in [6.07, 6.45) is 2.66. The van der Waals surface area contributed by atoms with Crippen molar-refractivity contribution in [3.63, 3.8) is 0 Å². The standard InChI is InChI=1S/C17H16N2O4S/c1-10-9-24-17-18-16(13(19(10)17)5-7-15(20)21)12-8-11(22-2)4-6-14(12)23-3/h4-9H,1-3H3,(H,20,21)/b7-5+. The molecular weight excluding hydrogens is 328 g/mol. The Bertz CT molecular complexity index is 940. The number of carboxylic acid groups (broad SMARTS) is 1. The Morgan fingerprint density at radius 3 is 2.79 bits per heavy atom. The Morgan fingerprint density at radius 1 is 1.33 bits per heavy atom. The SMILES string of the molecule is COc1ccc(OC)c(-c2nc3scc(C)n3c2/C=C/C(=O)O)c1. The summed E-state index contributed by atoms with van der Waals surface area (Å²) >= 11 is 1.50. The lowest BCUT2D eigenvalue weighted by atomic mass is 10.1. The zero-order valence-electron chi connectivity index (χ0n) is 13.4. The van der Waals surface area contributed by atoms with E-state index in [9.17, 15) is 4.79 Å². The van der Waals surface area contributed by atoms with Crippen molar-refractivity contribution in [3.05, 3.63) is 41.0 Å². The first-order chi connectivity index (χ1) is 11.5. The van der Waals surface area contributed by atoms with E-state index in [2.05, 4.69) is 4.98 Å². The molecule has 0 fully saturated rings. The Labute approximate surface area is 142 Å². The van der Waals surface area contributed by atoms with Crippen molar-refractivity contribution in [1.29, 1.82) is 0 Å². The molecule has 0 radical (unpaired) electrons. The third-order valence-electron chi connectivity index (χ3n) is 3.62.